The van der Waals surface area contributed by atoms with Gasteiger partial charge in [-0.25, -0.2) is 4.57 Å². The van der Waals surface area contributed by atoms with Crippen LogP contribution < -0.4 is 5.73 Å². The zero-order valence-electron chi connectivity index (χ0n) is 41.2. The van der Waals surface area contributed by atoms with E-state index in [-0.39, 0.29) is 13.0 Å². The highest BCUT2D eigenvalue weighted by atomic mass is 31.2. The third-order valence-corrected chi connectivity index (χ3v) is 13.0. The summed E-state index contributed by atoms with van der Waals surface area (Å²) in [5.74, 6) is -1.76. The van der Waals surface area contributed by atoms with E-state index in [2.05, 4.69) is 26.0 Å². The second-order valence-electron chi connectivity index (χ2n) is 18.4. The quantitative estimate of drug-likeness (QED) is 0.0232. The lowest BCUT2D eigenvalue weighted by atomic mass is 10.0. The van der Waals surface area contributed by atoms with Crippen LogP contribution in [-0.4, -0.2) is 60.5 Å². The third kappa shape index (κ3) is 48.5. The van der Waals surface area contributed by atoms with E-state index in [0.29, 0.717) is 6.61 Å². The molecule has 0 aliphatic heterocycles. The minimum atomic E-state index is -4.62. The van der Waals surface area contributed by atoms with Crippen molar-refractivity contribution in [3.05, 3.63) is 12.2 Å². The first-order valence-corrected chi connectivity index (χ1v) is 28.2. The van der Waals surface area contributed by atoms with Gasteiger partial charge in [0.25, 0.3) is 0 Å². The molecule has 63 heavy (non-hydrogen) atoms. The molecule has 0 aromatic heterocycles. The number of unbranched alkanes of at least 4 members (excludes halogenated alkanes) is 36. The standard InChI is InChI=1S/C52H102NO9P/c1-3-5-7-9-11-13-15-17-19-21-23-24-25-27-29-31-33-35-37-39-41-43-45-59-46-49(47-60-63(57,58)61-48-50(53)52(55)56)62-51(54)44-42-40-38-36-34-32-30-28-26-22-20-18-16-14-12-10-8-6-4-2/h21,23,49-50H,3-20,22,24-48,53H2,1-2H3,(H,55,56)(H,57,58)/b23-21-. The van der Waals surface area contributed by atoms with Crippen molar-refractivity contribution >= 4 is 19.8 Å². The fraction of sp³-hybridized carbons (Fsp3) is 0.923. The number of ether oxygens (including phenoxy) is 2. The monoisotopic (exact) mass is 916 g/mol. The van der Waals surface area contributed by atoms with Crippen LogP contribution in [0.1, 0.15) is 271 Å². The van der Waals surface area contributed by atoms with Crippen molar-refractivity contribution in [3.8, 4) is 0 Å². The van der Waals surface area contributed by atoms with E-state index >= 15 is 0 Å². The molecule has 0 aliphatic carbocycles. The zero-order valence-corrected chi connectivity index (χ0v) is 42.1. The van der Waals surface area contributed by atoms with E-state index in [1.165, 1.54) is 212 Å². The number of carbonyl (C=O) groups is 2. The summed E-state index contributed by atoms with van der Waals surface area (Å²) >= 11 is 0. The second kappa shape index (κ2) is 48.6. The zero-order chi connectivity index (χ0) is 46.2. The highest BCUT2D eigenvalue weighted by Gasteiger charge is 2.27. The van der Waals surface area contributed by atoms with Gasteiger partial charge in [0, 0.05) is 13.0 Å². The Morgan fingerprint density at radius 3 is 1.21 bits per heavy atom. The summed E-state index contributed by atoms with van der Waals surface area (Å²) < 4.78 is 33.6. The highest BCUT2D eigenvalue weighted by molar-refractivity contribution is 7.47. The van der Waals surface area contributed by atoms with Crippen LogP contribution in [0.25, 0.3) is 0 Å². The predicted molar refractivity (Wildman–Crippen MR) is 263 cm³/mol. The SMILES string of the molecule is CCCCCCCCCC/C=C\CCCCCCCCCCCCOCC(COP(=O)(O)OCC(N)C(=O)O)OC(=O)CCCCCCCCCCCCCCCCCCCCC. The Labute approximate surface area is 388 Å². The van der Waals surface area contributed by atoms with Crippen molar-refractivity contribution in [2.45, 2.75) is 283 Å². The molecule has 374 valence electrons. The average Bonchev–Trinajstić information content (AvgIpc) is 3.26. The Kier molecular flexibility index (Phi) is 47.6. The maximum absolute atomic E-state index is 12.7. The molecular formula is C52H102NO9P. The van der Waals surface area contributed by atoms with Crippen molar-refractivity contribution in [1.29, 1.82) is 0 Å². The summed E-state index contributed by atoms with van der Waals surface area (Å²) in [6.07, 6.45) is 54.1. The Bertz CT molecular complexity index is 1060. The topological polar surface area (TPSA) is 155 Å². The summed E-state index contributed by atoms with van der Waals surface area (Å²) in [7, 11) is -4.62. The van der Waals surface area contributed by atoms with Crippen LogP contribution in [-0.2, 0) is 32.7 Å². The van der Waals surface area contributed by atoms with E-state index < -0.39 is 45.1 Å². The van der Waals surface area contributed by atoms with Gasteiger partial charge in [-0.1, -0.05) is 238 Å². The van der Waals surface area contributed by atoms with Gasteiger partial charge >= 0.3 is 19.8 Å². The summed E-state index contributed by atoms with van der Waals surface area (Å²) in [6.45, 7) is 3.95. The maximum atomic E-state index is 12.7. The highest BCUT2D eigenvalue weighted by Crippen LogP contribution is 2.43. The number of aliphatic carboxylic acids is 1. The summed E-state index contributed by atoms with van der Waals surface area (Å²) in [4.78, 5) is 33.7. The molecule has 0 radical (unpaired) electrons. The number of phosphoric acid groups is 1. The van der Waals surface area contributed by atoms with E-state index in [1.807, 2.05) is 0 Å². The van der Waals surface area contributed by atoms with Gasteiger partial charge in [0.1, 0.15) is 12.1 Å². The molecule has 0 saturated heterocycles. The first-order chi connectivity index (χ1) is 30.7. The number of hydrogen-bond acceptors (Lipinski definition) is 8. The number of esters is 1. The number of carbonyl (C=O) groups excluding carboxylic acids is 1. The molecule has 10 nitrogen and oxygen atoms in total. The molecule has 0 amide bonds. The van der Waals surface area contributed by atoms with Crippen LogP contribution in [0.3, 0.4) is 0 Å². The van der Waals surface area contributed by atoms with Crippen LogP contribution in [0.2, 0.25) is 0 Å². The molecule has 3 atom stereocenters. The van der Waals surface area contributed by atoms with Crippen molar-refractivity contribution in [2.24, 2.45) is 5.73 Å². The molecule has 11 heteroatoms. The third-order valence-electron chi connectivity index (χ3n) is 12.0. The number of carboxylic acids is 1. The van der Waals surface area contributed by atoms with Gasteiger partial charge in [-0.05, 0) is 38.5 Å². The van der Waals surface area contributed by atoms with Crippen LogP contribution in [0.15, 0.2) is 12.2 Å². The first kappa shape index (κ1) is 61.7. The van der Waals surface area contributed by atoms with Gasteiger partial charge in [0.15, 0.2) is 0 Å². The fourth-order valence-electron chi connectivity index (χ4n) is 7.90. The lowest BCUT2D eigenvalue weighted by Crippen LogP contribution is -2.34. The summed E-state index contributed by atoms with van der Waals surface area (Å²) in [6, 6.07) is -1.47. The van der Waals surface area contributed by atoms with E-state index in [1.54, 1.807) is 0 Å². The van der Waals surface area contributed by atoms with Crippen LogP contribution in [0.4, 0.5) is 0 Å². The number of phosphoric ester groups is 1. The summed E-state index contributed by atoms with van der Waals surface area (Å²) in [5.41, 5.74) is 5.38. The number of nitrogens with two attached hydrogens (primary N) is 1. The van der Waals surface area contributed by atoms with Gasteiger partial charge in [-0.15, -0.1) is 0 Å². The number of rotatable bonds is 52. The number of hydrogen-bond donors (Lipinski definition) is 3. The minimum absolute atomic E-state index is 0.0224. The lowest BCUT2D eigenvalue weighted by Gasteiger charge is -2.20. The van der Waals surface area contributed by atoms with Crippen molar-refractivity contribution in [2.75, 3.05) is 26.4 Å². The van der Waals surface area contributed by atoms with Crippen LogP contribution in [0, 0.1) is 0 Å². The molecule has 4 N–H and O–H groups in total. The number of carboxylic acid groups (broad SMARTS) is 1. The molecule has 0 aromatic carbocycles. The molecule has 0 heterocycles. The van der Waals surface area contributed by atoms with Crippen molar-refractivity contribution in [3.63, 3.8) is 0 Å². The molecular weight excluding hydrogens is 814 g/mol. The van der Waals surface area contributed by atoms with E-state index in [4.69, 9.17) is 29.4 Å². The van der Waals surface area contributed by atoms with Gasteiger partial charge < -0.3 is 25.2 Å². The fourth-order valence-corrected chi connectivity index (χ4v) is 8.67. The van der Waals surface area contributed by atoms with Gasteiger partial charge in [-0.3, -0.25) is 18.6 Å². The van der Waals surface area contributed by atoms with Gasteiger partial charge in [0.2, 0.25) is 0 Å². The van der Waals surface area contributed by atoms with Crippen LogP contribution >= 0.6 is 7.82 Å². The molecule has 0 spiro atoms. The first-order valence-electron chi connectivity index (χ1n) is 26.7. The smallest absolute Gasteiger partial charge is 0.472 e. The normalized spacial score (nSPS) is 13.7. The molecule has 0 saturated carbocycles. The second-order valence-corrected chi connectivity index (χ2v) is 19.8. The molecule has 0 bridgehead atoms. The van der Waals surface area contributed by atoms with Crippen molar-refractivity contribution < 1.29 is 42.7 Å². The minimum Gasteiger partial charge on any atom is -0.480 e. The number of allylic oxidation sites excluding steroid dienone is 2. The predicted octanol–water partition coefficient (Wildman–Crippen LogP) is 15.7. The molecule has 0 aromatic rings. The average molecular weight is 916 g/mol. The van der Waals surface area contributed by atoms with E-state index in [0.717, 1.165) is 38.5 Å². The van der Waals surface area contributed by atoms with Crippen LogP contribution in [0.5, 0.6) is 0 Å². The Hall–Kier alpha value is -1.29. The molecule has 0 aliphatic rings. The summed E-state index contributed by atoms with van der Waals surface area (Å²) in [5, 5.41) is 8.93. The van der Waals surface area contributed by atoms with Gasteiger partial charge in [-0.2, -0.15) is 0 Å². The van der Waals surface area contributed by atoms with Crippen molar-refractivity contribution in [1.82, 2.24) is 0 Å². The van der Waals surface area contributed by atoms with E-state index in [9.17, 15) is 19.0 Å². The van der Waals surface area contributed by atoms with Gasteiger partial charge in [0.05, 0.1) is 19.8 Å². The molecule has 3 unspecified atom stereocenters. The Morgan fingerprint density at radius 1 is 0.492 bits per heavy atom. The maximum Gasteiger partial charge on any atom is 0.472 e. The molecule has 0 rings (SSSR count). The lowest BCUT2D eigenvalue weighted by molar-refractivity contribution is -0.154. The Morgan fingerprint density at radius 2 is 0.825 bits per heavy atom. The molecule has 0 fully saturated rings. The Balaban J connectivity index is 4.07. The largest absolute Gasteiger partial charge is 0.480 e.